The average Bonchev–Trinajstić information content (AvgIpc) is 2.46. The summed E-state index contributed by atoms with van der Waals surface area (Å²) in [6, 6.07) is -1.95. The first-order valence-corrected chi connectivity index (χ1v) is 6.93. The molecule has 0 aromatic carbocycles. The molecule has 8 nitrogen and oxygen atoms in total. The maximum absolute atomic E-state index is 11.8. The minimum Gasteiger partial charge on any atom is -0.480 e. The van der Waals surface area contributed by atoms with Crippen LogP contribution in [0.4, 0.5) is 0 Å². The number of Topliss-reactive ketones (excluding diaryl/α,β-unsaturated/α-hetero) is 1. The molecule has 0 aliphatic carbocycles. The molecule has 0 fully saturated rings. The summed E-state index contributed by atoms with van der Waals surface area (Å²) in [5, 5.41) is 11.0. The fraction of sp³-hybridized carbons (Fsp3) is 0.667. The highest BCUT2D eigenvalue weighted by Crippen LogP contribution is 2.02. The number of ketones is 1. The SMILES string of the molecule is COC(=O)CCC(=O)[C@H](CS)NC(=O)CC[C@H](N)C(=O)O. The Morgan fingerprint density at radius 2 is 1.86 bits per heavy atom. The van der Waals surface area contributed by atoms with Gasteiger partial charge in [-0.05, 0) is 6.42 Å². The van der Waals surface area contributed by atoms with Crippen molar-refractivity contribution in [3.05, 3.63) is 0 Å². The first-order chi connectivity index (χ1) is 9.81. The van der Waals surface area contributed by atoms with Gasteiger partial charge in [0.1, 0.15) is 6.04 Å². The molecule has 120 valence electrons. The monoisotopic (exact) mass is 320 g/mol. The molecule has 21 heavy (non-hydrogen) atoms. The van der Waals surface area contributed by atoms with E-state index in [9.17, 15) is 19.2 Å². The first-order valence-electron chi connectivity index (χ1n) is 6.30. The van der Waals surface area contributed by atoms with Crippen molar-refractivity contribution in [1.82, 2.24) is 5.32 Å². The van der Waals surface area contributed by atoms with E-state index in [1.54, 1.807) is 0 Å². The fourth-order valence-electron chi connectivity index (χ4n) is 1.41. The Kier molecular flexibility index (Phi) is 9.39. The number of hydrogen-bond donors (Lipinski definition) is 4. The van der Waals surface area contributed by atoms with E-state index in [4.69, 9.17) is 10.8 Å². The van der Waals surface area contributed by atoms with Crippen LogP contribution in [-0.4, -0.2) is 53.7 Å². The van der Waals surface area contributed by atoms with Gasteiger partial charge in [-0.1, -0.05) is 0 Å². The number of hydrogen-bond acceptors (Lipinski definition) is 7. The molecule has 4 N–H and O–H groups in total. The van der Waals surface area contributed by atoms with Crippen molar-refractivity contribution in [2.24, 2.45) is 5.73 Å². The smallest absolute Gasteiger partial charge is 0.320 e. The molecule has 0 spiro atoms. The summed E-state index contributed by atoms with van der Waals surface area (Å²) in [6.07, 6.45) is -0.273. The van der Waals surface area contributed by atoms with Gasteiger partial charge in [-0.25, -0.2) is 0 Å². The Balaban J connectivity index is 4.23. The Morgan fingerprint density at radius 3 is 2.33 bits per heavy atom. The maximum Gasteiger partial charge on any atom is 0.320 e. The van der Waals surface area contributed by atoms with E-state index < -0.39 is 29.9 Å². The van der Waals surface area contributed by atoms with E-state index in [1.807, 2.05) is 0 Å². The lowest BCUT2D eigenvalue weighted by molar-refractivity contribution is -0.142. The van der Waals surface area contributed by atoms with E-state index in [1.165, 1.54) is 7.11 Å². The molecule has 0 aliphatic rings. The number of aliphatic carboxylic acids is 1. The van der Waals surface area contributed by atoms with Crippen molar-refractivity contribution in [2.75, 3.05) is 12.9 Å². The minimum atomic E-state index is -1.19. The van der Waals surface area contributed by atoms with Crippen LogP contribution < -0.4 is 11.1 Å². The number of nitrogens with one attached hydrogen (secondary N) is 1. The van der Waals surface area contributed by atoms with Gasteiger partial charge in [-0.2, -0.15) is 12.6 Å². The van der Waals surface area contributed by atoms with Gasteiger partial charge in [0.05, 0.1) is 19.6 Å². The zero-order valence-electron chi connectivity index (χ0n) is 11.7. The second kappa shape index (κ2) is 10.2. The fourth-order valence-corrected chi connectivity index (χ4v) is 1.70. The molecular weight excluding hydrogens is 300 g/mol. The molecule has 2 atom stereocenters. The van der Waals surface area contributed by atoms with Gasteiger partial charge in [0.2, 0.25) is 5.91 Å². The summed E-state index contributed by atoms with van der Waals surface area (Å²) >= 11 is 3.97. The first kappa shape index (κ1) is 19.4. The number of ether oxygens (including phenoxy) is 1. The topological polar surface area (TPSA) is 136 Å². The number of nitrogens with two attached hydrogens (primary N) is 1. The van der Waals surface area contributed by atoms with Crippen LogP contribution in [0.15, 0.2) is 0 Å². The predicted molar refractivity (Wildman–Crippen MR) is 76.9 cm³/mol. The summed E-state index contributed by atoms with van der Waals surface area (Å²) in [4.78, 5) is 44.8. The number of amides is 1. The van der Waals surface area contributed by atoms with Gasteiger partial charge in [0.15, 0.2) is 5.78 Å². The van der Waals surface area contributed by atoms with Gasteiger partial charge in [0, 0.05) is 18.6 Å². The van der Waals surface area contributed by atoms with Gasteiger partial charge in [-0.3, -0.25) is 19.2 Å². The Hall–Kier alpha value is -1.61. The third kappa shape index (κ3) is 8.30. The van der Waals surface area contributed by atoms with Crippen LogP contribution >= 0.6 is 12.6 Å². The zero-order chi connectivity index (χ0) is 16.4. The Morgan fingerprint density at radius 1 is 1.24 bits per heavy atom. The molecule has 9 heteroatoms. The highest BCUT2D eigenvalue weighted by molar-refractivity contribution is 7.80. The van der Waals surface area contributed by atoms with Crippen LogP contribution in [0.5, 0.6) is 0 Å². The molecule has 0 bridgehead atoms. The lowest BCUT2D eigenvalue weighted by atomic mass is 10.1. The molecule has 0 saturated heterocycles. The second-order valence-corrected chi connectivity index (χ2v) is 4.69. The van der Waals surface area contributed by atoms with E-state index >= 15 is 0 Å². The number of carbonyl (C=O) groups excluding carboxylic acids is 3. The van der Waals surface area contributed by atoms with E-state index in [0.717, 1.165) is 0 Å². The maximum atomic E-state index is 11.8. The zero-order valence-corrected chi connectivity index (χ0v) is 12.6. The van der Waals surface area contributed by atoms with Crippen LogP contribution in [0.3, 0.4) is 0 Å². The van der Waals surface area contributed by atoms with Gasteiger partial charge in [0.25, 0.3) is 0 Å². The molecule has 0 aromatic heterocycles. The van der Waals surface area contributed by atoms with Crippen molar-refractivity contribution in [2.45, 2.75) is 37.8 Å². The lowest BCUT2D eigenvalue weighted by Gasteiger charge is -2.15. The molecule has 0 aromatic rings. The van der Waals surface area contributed by atoms with Gasteiger partial charge in [-0.15, -0.1) is 0 Å². The van der Waals surface area contributed by atoms with Gasteiger partial charge >= 0.3 is 11.9 Å². The Bertz CT molecular complexity index is 401. The van der Waals surface area contributed by atoms with Crippen molar-refractivity contribution in [3.8, 4) is 0 Å². The predicted octanol–water partition coefficient (Wildman–Crippen LogP) is -0.885. The van der Waals surface area contributed by atoms with Crippen molar-refractivity contribution in [3.63, 3.8) is 0 Å². The van der Waals surface area contributed by atoms with Crippen LogP contribution in [0.2, 0.25) is 0 Å². The molecular formula is C12H20N2O6S. The van der Waals surface area contributed by atoms with Crippen LogP contribution in [-0.2, 0) is 23.9 Å². The highest BCUT2D eigenvalue weighted by Gasteiger charge is 2.21. The quantitative estimate of drug-likeness (QED) is 0.303. The highest BCUT2D eigenvalue weighted by atomic mass is 32.1. The molecule has 0 heterocycles. The number of carbonyl (C=O) groups is 4. The number of methoxy groups -OCH3 is 1. The molecule has 0 rings (SSSR count). The molecule has 0 saturated carbocycles. The average molecular weight is 320 g/mol. The van der Waals surface area contributed by atoms with Crippen molar-refractivity contribution >= 4 is 36.3 Å². The summed E-state index contributed by atoms with van der Waals surface area (Å²) < 4.78 is 4.42. The minimum absolute atomic E-state index is 0.0309. The standard InChI is InChI=1S/C12H20N2O6S/c1-20-11(17)5-3-9(15)8(6-21)14-10(16)4-2-7(13)12(18)19/h7-8,21H,2-6,13H2,1H3,(H,14,16)(H,18,19)/t7-,8-/m0/s1. The van der Waals surface area contributed by atoms with Crippen molar-refractivity contribution in [1.29, 1.82) is 0 Å². The second-order valence-electron chi connectivity index (χ2n) is 4.33. The Labute approximate surface area is 127 Å². The third-order valence-electron chi connectivity index (χ3n) is 2.71. The molecule has 1 amide bonds. The summed E-state index contributed by atoms with van der Waals surface area (Å²) in [6.45, 7) is 0. The number of esters is 1. The third-order valence-corrected chi connectivity index (χ3v) is 3.07. The molecule has 0 radical (unpaired) electrons. The number of carboxylic acids is 1. The van der Waals surface area contributed by atoms with Crippen molar-refractivity contribution < 1.29 is 29.0 Å². The van der Waals surface area contributed by atoms with E-state index in [-0.39, 0.29) is 37.2 Å². The number of carboxylic acid groups (broad SMARTS) is 1. The lowest BCUT2D eigenvalue weighted by Crippen LogP contribution is -2.43. The summed E-state index contributed by atoms with van der Waals surface area (Å²) in [7, 11) is 1.22. The van der Waals surface area contributed by atoms with E-state index in [2.05, 4.69) is 22.7 Å². The molecule has 0 aliphatic heterocycles. The van der Waals surface area contributed by atoms with Crippen LogP contribution in [0.25, 0.3) is 0 Å². The number of thiol groups is 1. The largest absolute Gasteiger partial charge is 0.480 e. The molecule has 0 unspecified atom stereocenters. The van der Waals surface area contributed by atoms with Crippen LogP contribution in [0, 0.1) is 0 Å². The van der Waals surface area contributed by atoms with E-state index in [0.29, 0.717) is 0 Å². The van der Waals surface area contributed by atoms with Gasteiger partial charge < -0.3 is 20.9 Å². The number of rotatable bonds is 10. The summed E-state index contributed by atoms with van der Waals surface area (Å²) in [5.74, 6) is -2.46. The normalized spacial score (nSPS) is 13.1. The summed E-state index contributed by atoms with van der Waals surface area (Å²) in [5.41, 5.74) is 5.27. The van der Waals surface area contributed by atoms with Crippen LogP contribution in [0.1, 0.15) is 25.7 Å².